The van der Waals surface area contributed by atoms with Gasteiger partial charge < -0.3 is 15.8 Å². The van der Waals surface area contributed by atoms with Gasteiger partial charge in [-0.05, 0) is 46.8 Å². The topological polar surface area (TPSA) is 130 Å². The monoisotopic (exact) mass is 379 g/mol. The van der Waals surface area contributed by atoms with Crippen molar-refractivity contribution >= 4 is 17.6 Å². The van der Waals surface area contributed by atoms with Gasteiger partial charge in [-0.15, -0.1) is 5.10 Å². The van der Waals surface area contributed by atoms with E-state index in [0.29, 0.717) is 17.3 Å². The van der Waals surface area contributed by atoms with Gasteiger partial charge in [-0.3, -0.25) is 0 Å². The summed E-state index contributed by atoms with van der Waals surface area (Å²) in [6.07, 6.45) is 1.49. The van der Waals surface area contributed by atoms with Gasteiger partial charge in [0.1, 0.15) is 24.5 Å². The molecule has 0 amide bonds. The maximum atomic E-state index is 13.0. The standard InChI is InChI=1S/C17H14FN9O/c18-11-4-6-12(7-5-11)21-17-23-15(22-16(19)24-17)9-28-14-3-1-2-13(8-14)27-10-20-25-26-27/h1-8,10H,9H2,(H3,19,21,22,23,24). The van der Waals surface area contributed by atoms with Crippen LogP contribution < -0.4 is 15.8 Å². The van der Waals surface area contributed by atoms with E-state index in [4.69, 9.17) is 10.5 Å². The molecule has 11 heteroatoms. The van der Waals surface area contributed by atoms with Crippen LogP contribution in [0.15, 0.2) is 54.9 Å². The molecule has 10 nitrogen and oxygen atoms in total. The van der Waals surface area contributed by atoms with Gasteiger partial charge in [0.15, 0.2) is 5.82 Å². The number of nitrogen functional groups attached to an aromatic ring is 1. The average Bonchev–Trinajstić information content (AvgIpc) is 3.23. The van der Waals surface area contributed by atoms with Crippen molar-refractivity contribution in [2.45, 2.75) is 6.61 Å². The van der Waals surface area contributed by atoms with Crippen molar-refractivity contribution in [3.8, 4) is 11.4 Å². The van der Waals surface area contributed by atoms with E-state index in [1.54, 1.807) is 24.3 Å². The number of ether oxygens (including phenoxy) is 1. The normalized spacial score (nSPS) is 10.6. The SMILES string of the molecule is Nc1nc(COc2cccc(-n3cnnn3)c2)nc(Nc2ccc(F)cc2)n1. The van der Waals surface area contributed by atoms with Crippen LogP contribution in [0.1, 0.15) is 5.82 Å². The molecule has 0 aliphatic rings. The van der Waals surface area contributed by atoms with E-state index in [9.17, 15) is 4.39 Å². The molecule has 0 atom stereocenters. The molecule has 3 N–H and O–H groups in total. The van der Waals surface area contributed by atoms with Crippen LogP contribution in [0.2, 0.25) is 0 Å². The lowest BCUT2D eigenvalue weighted by atomic mass is 10.3. The molecule has 0 unspecified atom stereocenters. The molecule has 0 saturated carbocycles. The van der Waals surface area contributed by atoms with Gasteiger partial charge in [0.25, 0.3) is 0 Å². The number of rotatable bonds is 6. The molecule has 0 radical (unpaired) electrons. The lowest BCUT2D eigenvalue weighted by Crippen LogP contribution is -2.09. The number of halogens is 1. The van der Waals surface area contributed by atoms with Crippen LogP contribution in [0.4, 0.5) is 22.0 Å². The Morgan fingerprint density at radius 3 is 2.71 bits per heavy atom. The van der Waals surface area contributed by atoms with E-state index >= 15 is 0 Å². The summed E-state index contributed by atoms with van der Waals surface area (Å²) >= 11 is 0. The maximum Gasteiger partial charge on any atom is 0.232 e. The first-order chi connectivity index (χ1) is 13.7. The Hall–Kier alpha value is -4.15. The Labute approximate surface area is 158 Å². The van der Waals surface area contributed by atoms with Crippen molar-refractivity contribution in [3.05, 3.63) is 66.5 Å². The van der Waals surface area contributed by atoms with Crippen LogP contribution in [0.25, 0.3) is 5.69 Å². The minimum Gasteiger partial charge on any atom is -0.486 e. The summed E-state index contributed by atoms with van der Waals surface area (Å²) in [5.74, 6) is 0.865. The number of nitrogens with one attached hydrogen (secondary N) is 1. The molecule has 28 heavy (non-hydrogen) atoms. The highest BCUT2D eigenvalue weighted by Gasteiger charge is 2.07. The minimum absolute atomic E-state index is 0.0423. The second kappa shape index (κ2) is 7.61. The first-order valence-corrected chi connectivity index (χ1v) is 8.15. The first-order valence-electron chi connectivity index (χ1n) is 8.15. The van der Waals surface area contributed by atoms with E-state index in [1.807, 2.05) is 12.1 Å². The quantitative estimate of drug-likeness (QED) is 0.516. The minimum atomic E-state index is -0.335. The zero-order valence-electron chi connectivity index (χ0n) is 14.4. The Morgan fingerprint density at radius 1 is 1.07 bits per heavy atom. The summed E-state index contributed by atoms with van der Waals surface area (Å²) in [5.41, 5.74) is 7.12. The third-order valence-corrected chi connectivity index (χ3v) is 3.60. The van der Waals surface area contributed by atoms with Gasteiger partial charge in [-0.25, -0.2) is 9.07 Å². The highest BCUT2D eigenvalue weighted by atomic mass is 19.1. The highest BCUT2D eigenvalue weighted by Crippen LogP contribution is 2.18. The van der Waals surface area contributed by atoms with Crippen LogP contribution in [-0.2, 0) is 6.61 Å². The molecule has 2 heterocycles. The molecule has 2 aromatic heterocycles. The fourth-order valence-electron chi connectivity index (χ4n) is 2.36. The summed E-state index contributed by atoms with van der Waals surface area (Å²) in [6, 6.07) is 13.0. The molecule has 140 valence electrons. The maximum absolute atomic E-state index is 13.0. The van der Waals surface area contributed by atoms with Crippen LogP contribution in [0.5, 0.6) is 5.75 Å². The van der Waals surface area contributed by atoms with E-state index in [0.717, 1.165) is 5.69 Å². The zero-order valence-corrected chi connectivity index (χ0v) is 14.4. The van der Waals surface area contributed by atoms with Gasteiger partial charge in [0.05, 0.1) is 5.69 Å². The number of nitrogens with two attached hydrogens (primary N) is 1. The van der Waals surface area contributed by atoms with E-state index in [1.165, 1.54) is 23.1 Å². The van der Waals surface area contributed by atoms with E-state index in [2.05, 4.69) is 35.8 Å². The van der Waals surface area contributed by atoms with Gasteiger partial charge in [0.2, 0.25) is 11.9 Å². The summed E-state index contributed by atoms with van der Waals surface area (Å²) in [5, 5.41) is 14.0. The number of benzene rings is 2. The van der Waals surface area contributed by atoms with Crippen molar-refractivity contribution in [2.75, 3.05) is 11.1 Å². The van der Waals surface area contributed by atoms with Crippen molar-refractivity contribution in [1.29, 1.82) is 0 Å². The zero-order chi connectivity index (χ0) is 19.3. The Kier molecular flexibility index (Phi) is 4.70. The number of anilines is 3. The predicted octanol–water partition coefficient (Wildman–Crippen LogP) is 1.89. The fourth-order valence-corrected chi connectivity index (χ4v) is 2.36. The van der Waals surface area contributed by atoms with Crippen molar-refractivity contribution in [3.63, 3.8) is 0 Å². The lowest BCUT2D eigenvalue weighted by Gasteiger charge is -2.09. The van der Waals surface area contributed by atoms with E-state index < -0.39 is 0 Å². The van der Waals surface area contributed by atoms with E-state index in [-0.39, 0.29) is 24.3 Å². The van der Waals surface area contributed by atoms with Crippen LogP contribution in [0, 0.1) is 5.82 Å². The Balaban J connectivity index is 1.47. The Morgan fingerprint density at radius 2 is 1.93 bits per heavy atom. The van der Waals surface area contributed by atoms with Crippen LogP contribution in [0.3, 0.4) is 0 Å². The second-order valence-electron chi connectivity index (χ2n) is 5.61. The van der Waals surface area contributed by atoms with Gasteiger partial charge in [0, 0.05) is 11.8 Å². The van der Waals surface area contributed by atoms with Gasteiger partial charge in [-0.1, -0.05) is 6.07 Å². The average molecular weight is 379 g/mol. The smallest absolute Gasteiger partial charge is 0.232 e. The molecule has 0 spiro atoms. The molecule has 2 aromatic carbocycles. The molecule has 0 aliphatic heterocycles. The number of hydrogen-bond donors (Lipinski definition) is 2. The molecule has 0 aliphatic carbocycles. The molecule has 0 saturated heterocycles. The summed E-state index contributed by atoms with van der Waals surface area (Å²) in [7, 11) is 0. The molecule has 4 rings (SSSR count). The third kappa shape index (κ3) is 4.15. The predicted molar refractivity (Wildman–Crippen MR) is 97.4 cm³/mol. The first kappa shape index (κ1) is 17.3. The van der Waals surface area contributed by atoms with Crippen LogP contribution in [-0.4, -0.2) is 35.2 Å². The molecular weight excluding hydrogens is 365 g/mol. The van der Waals surface area contributed by atoms with Gasteiger partial charge in [-0.2, -0.15) is 15.0 Å². The summed E-state index contributed by atoms with van der Waals surface area (Å²) in [4.78, 5) is 12.4. The summed E-state index contributed by atoms with van der Waals surface area (Å²) < 4.78 is 20.3. The second-order valence-corrected chi connectivity index (χ2v) is 5.61. The molecule has 0 bridgehead atoms. The fraction of sp³-hybridized carbons (Fsp3) is 0.0588. The number of nitrogens with zero attached hydrogens (tertiary/aromatic N) is 7. The number of tetrazole rings is 1. The molecule has 0 fully saturated rings. The van der Waals surface area contributed by atoms with Crippen molar-refractivity contribution in [1.82, 2.24) is 35.2 Å². The van der Waals surface area contributed by atoms with Gasteiger partial charge >= 0.3 is 0 Å². The summed E-state index contributed by atoms with van der Waals surface area (Å²) in [6.45, 7) is 0.0733. The van der Waals surface area contributed by atoms with Crippen molar-refractivity contribution < 1.29 is 9.13 Å². The largest absolute Gasteiger partial charge is 0.486 e. The number of hydrogen-bond acceptors (Lipinski definition) is 9. The molecular formula is C17H14FN9O. The molecule has 4 aromatic rings. The highest BCUT2D eigenvalue weighted by molar-refractivity contribution is 5.53. The lowest BCUT2D eigenvalue weighted by molar-refractivity contribution is 0.295. The van der Waals surface area contributed by atoms with Crippen LogP contribution >= 0.6 is 0 Å². The third-order valence-electron chi connectivity index (χ3n) is 3.60. The van der Waals surface area contributed by atoms with Crippen molar-refractivity contribution in [2.24, 2.45) is 0 Å². The number of aromatic nitrogens is 7. The Bertz CT molecular complexity index is 1070.